The lowest BCUT2D eigenvalue weighted by Gasteiger charge is -2.13. The Morgan fingerprint density at radius 1 is 1.18 bits per heavy atom. The van der Waals surface area contributed by atoms with Crippen LogP contribution in [0.5, 0.6) is 0 Å². The summed E-state index contributed by atoms with van der Waals surface area (Å²) in [6, 6.07) is 14.8. The molecule has 0 saturated carbocycles. The van der Waals surface area contributed by atoms with Gasteiger partial charge in [0.1, 0.15) is 0 Å². The lowest BCUT2D eigenvalue weighted by Crippen LogP contribution is -2.18. The second-order valence-corrected chi connectivity index (χ2v) is 4.35. The first-order valence-corrected chi connectivity index (χ1v) is 5.95. The summed E-state index contributed by atoms with van der Waals surface area (Å²) in [5, 5.41) is 3.48. The van der Waals surface area contributed by atoms with Gasteiger partial charge in [-0.15, -0.1) is 0 Å². The third-order valence-corrected chi connectivity index (χ3v) is 2.83. The number of pyridine rings is 1. The van der Waals surface area contributed by atoms with Crippen LogP contribution < -0.4 is 5.32 Å². The molecular formula is C15H18N2. The monoisotopic (exact) mass is 226 g/mol. The molecule has 0 aliphatic heterocycles. The van der Waals surface area contributed by atoms with Crippen molar-refractivity contribution in [2.24, 2.45) is 0 Å². The van der Waals surface area contributed by atoms with Crippen molar-refractivity contribution in [1.29, 1.82) is 0 Å². The van der Waals surface area contributed by atoms with E-state index in [-0.39, 0.29) is 6.04 Å². The largest absolute Gasteiger partial charge is 0.305 e. The van der Waals surface area contributed by atoms with Crippen LogP contribution in [0.4, 0.5) is 0 Å². The van der Waals surface area contributed by atoms with Gasteiger partial charge in [-0.2, -0.15) is 0 Å². The highest BCUT2D eigenvalue weighted by Crippen LogP contribution is 2.10. The number of hydrogen-bond donors (Lipinski definition) is 1. The van der Waals surface area contributed by atoms with Crippen molar-refractivity contribution >= 4 is 0 Å². The lowest BCUT2D eigenvalue weighted by molar-refractivity contribution is 0.561. The molecule has 2 heteroatoms. The first-order chi connectivity index (χ1) is 8.25. The summed E-state index contributed by atoms with van der Waals surface area (Å²) in [5.74, 6) is 0. The Morgan fingerprint density at radius 2 is 2.06 bits per heavy atom. The van der Waals surface area contributed by atoms with Gasteiger partial charge in [0.05, 0.1) is 5.69 Å². The molecule has 0 fully saturated rings. The van der Waals surface area contributed by atoms with Gasteiger partial charge < -0.3 is 5.32 Å². The summed E-state index contributed by atoms with van der Waals surface area (Å²) in [6.07, 6.45) is 1.83. The van der Waals surface area contributed by atoms with E-state index in [9.17, 15) is 0 Å². The highest BCUT2D eigenvalue weighted by atomic mass is 14.9. The number of benzene rings is 1. The van der Waals surface area contributed by atoms with Crippen LogP contribution >= 0.6 is 0 Å². The third-order valence-electron chi connectivity index (χ3n) is 2.83. The van der Waals surface area contributed by atoms with Crippen LogP contribution in [0, 0.1) is 6.92 Å². The zero-order chi connectivity index (χ0) is 12.1. The highest BCUT2D eigenvalue weighted by Gasteiger charge is 2.04. The molecule has 0 amide bonds. The third kappa shape index (κ3) is 3.40. The van der Waals surface area contributed by atoms with Gasteiger partial charge in [-0.05, 0) is 31.5 Å². The summed E-state index contributed by atoms with van der Waals surface area (Å²) in [4.78, 5) is 4.35. The molecule has 0 bridgehead atoms. The quantitative estimate of drug-likeness (QED) is 0.865. The van der Waals surface area contributed by atoms with Crippen LogP contribution in [0.15, 0.2) is 48.7 Å². The van der Waals surface area contributed by atoms with E-state index in [2.05, 4.69) is 48.4 Å². The van der Waals surface area contributed by atoms with E-state index in [0.29, 0.717) is 0 Å². The maximum Gasteiger partial charge on any atom is 0.0570 e. The Labute approximate surface area is 103 Å². The standard InChI is InChI=1S/C15H18N2/c1-12-6-5-7-14(10-12)11-17-13(2)15-8-3-4-9-16-15/h3-10,13,17H,11H2,1-2H3/t13-/m1/s1. The molecule has 1 N–H and O–H groups in total. The molecule has 1 heterocycles. The average molecular weight is 226 g/mol. The van der Waals surface area contributed by atoms with E-state index < -0.39 is 0 Å². The van der Waals surface area contributed by atoms with Crippen LogP contribution in [-0.4, -0.2) is 4.98 Å². The molecule has 1 aromatic heterocycles. The van der Waals surface area contributed by atoms with Crippen molar-refractivity contribution in [3.8, 4) is 0 Å². The Morgan fingerprint density at radius 3 is 2.76 bits per heavy atom. The zero-order valence-electron chi connectivity index (χ0n) is 10.4. The Hall–Kier alpha value is -1.67. The maximum absolute atomic E-state index is 4.35. The second-order valence-electron chi connectivity index (χ2n) is 4.35. The fourth-order valence-corrected chi connectivity index (χ4v) is 1.83. The number of nitrogens with one attached hydrogen (secondary N) is 1. The average Bonchev–Trinajstić information content (AvgIpc) is 2.37. The predicted molar refractivity (Wildman–Crippen MR) is 70.7 cm³/mol. The Kier molecular flexibility index (Phi) is 3.89. The van der Waals surface area contributed by atoms with Crippen molar-refractivity contribution in [2.45, 2.75) is 26.4 Å². The smallest absolute Gasteiger partial charge is 0.0570 e. The molecule has 0 aliphatic rings. The van der Waals surface area contributed by atoms with Gasteiger partial charge in [-0.1, -0.05) is 35.9 Å². The molecule has 1 atom stereocenters. The SMILES string of the molecule is Cc1cccc(CN[C@H](C)c2ccccn2)c1. The van der Waals surface area contributed by atoms with Gasteiger partial charge in [0.2, 0.25) is 0 Å². The van der Waals surface area contributed by atoms with E-state index in [1.807, 2.05) is 24.4 Å². The van der Waals surface area contributed by atoms with Crippen molar-refractivity contribution in [3.63, 3.8) is 0 Å². The van der Waals surface area contributed by atoms with Gasteiger partial charge in [-0.3, -0.25) is 4.98 Å². The lowest BCUT2D eigenvalue weighted by atomic mass is 10.1. The Balaban J connectivity index is 1.95. The number of hydrogen-bond acceptors (Lipinski definition) is 2. The molecule has 2 nitrogen and oxygen atoms in total. The molecule has 88 valence electrons. The molecule has 17 heavy (non-hydrogen) atoms. The van der Waals surface area contributed by atoms with E-state index in [4.69, 9.17) is 0 Å². The van der Waals surface area contributed by atoms with Crippen molar-refractivity contribution < 1.29 is 0 Å². The molecule has 0 spiro atoms. The number of rotatable bonds is 4. The van der Waals surface area contributed by atoms with Crippen LogP contribution in [0.3, 0.4) is 0 Å². The van der Waals surface area contributed by atoms with Crippen LogP contribution in [0.25, 0.3) is 0 Å². The normalized spacial score (nSPS) is 12.4. The summed E-state index contributed by atoms with van der Waals surface area (Å²) < 4.78 is 0. The molecule has 0 radical (unpaired) electrons. The van der Waals surface area contributed by atoms with Gasteiger partial charge >= 0.3 is 0 Å². The van der Waals surface area contributed by atoms with Crippen LogP contribution in [-0.2, 0) is 6.54 Å². The van der Waals surface area contributed by atoms with Gasteiger partial charge in [0.15, 0.2) is 0 Å². The number of aromatic nitrogens is 1. The van der Waals surface area contributed by atoms with Crippen molar-refractivity contribution in [3.05, 3.63) is 65.5 Å². The first-order valence-electron chi connectivity index (χ1n) is 5.95. The molecule has 1 aromatic carbocycles. The summed E-state index contributed by atoms with van der Waals surface area (Å²) in [5.41, 5.74) is 3.70. The topological polar surface area (TPSA) is 24.9 Å². The highest BCUT2D eigenvalue weighted by molar-refractivity contribution is 5.22. The van der Waals surface area contributed by atoms with E-state index in [0.717, 1.165) is 12.2 Å². The minimum absolute atomic E-state index is 0.275. The minimum Gasteiger partial charge on any atom is -0.305 e. The van der Waals surface area contributed by atoms with Gasteiger partial charge in [0.25, 0.3) is 0 Å². The summed E-state index contributed by atoms with van der Waals surface area (Å²) >= 11 is 0. The summed E-state index contributed by atoms with van der Waals surface area (Å²) in [6.45, 7) is 5.13. The summed E-state index contributed by atoms with van der Waals surface area (Å²) in [7, 11) is 0. The fraction of sp³-hybridized carbons (Fsp3) is 0.267. The van der Waals surface area contributed by atoms with Gasteiger partial charge in [0, 0.05) is 18.8 Å². The van der Waals surface area contributed by atoms with Crippen LogP contribution in [0.1, 0.15) is 29.8 Å². The fourth-order valence-electron chi connectivity index (χ4n) is 1.83. The maximum atomic E-state index is 4.35. The molecule has 0 aliphatic carbocycles. The van der Waals surface area contributed by atoms with Crippen molar-refractivity contribution in [1.82, 2.24) is 10.3 Å². The Bertz CT molecular complexity index is 465. The minimum atomic E-state index is 0.275. The number of aryl methyl sites for hydroxylation is 1. The van der Waals surface area contributed by atoms with E-state index >= 15 is 0 Å². The number of nitrogens with zero attached hydrogens (tertiary/aromatic N) is 1. The van der Waals surface area contributed by atoms with Gasteiger partial charge in [-0.25, -0.2) is 0 Å². The van der Waals surface area contributed by atoms with Crippen LogP contribution in [0.2, 0.25) is 0 Å². The molecule has 0 unspecified atom stereocenters. The van der Waals surface area contributed by atoms with Crippen molar-refractivity contribution in [2.75, 3.05) is 0 Å². The second kappa shape index (κ2) is 5.60. The molecular weight excluding hydrogens is 208 g/mol. The molecule has 2 rings (SSSR count). The predicted octanol–water partition coefficient (Wildman–Crippen LogP) is 3.24. The first kappa shape index (κ1) is 11.8. The van der Waals surface area contributed by atoms with E-state index in [1.54, 1.807) is 0 Å². The zero-order valence-corrected chi connectivity index (χ0v) is 10.4. The van der Waals surface area contributed by atoms with E-state index in [1.165, 1.54) is 11.1 Å². The molecule has 2 aromatic rings. The molecule has 0 saturated heterocycles.